The van der Waals surface area contributed by atoms with E-state index in [0.29, 0.717) is 25.8 Å². The third-order valence-corrected chi connectivity index (χ3v) is 15.8. The summed E-state index contributed by atoms with van der Waals surface area (Å²) in [7, 11) is 0. The van der Waals surface area contributed by atoms with Gasteiger partial charge in [-0.15, -0.1) is 0 Å². The molecule has 1 fully saturated rings. The molecule has 1 saturated carbocycles. The van der Waals surface area contributed by atoms with Crippen LogP contribution in [-0.4, -0.2) is 84.4 Å². The van der Waals surface area contributed by atoms with Crippen LogP contribution in [0.5, 0.6) is 0 Å². The minimum Gasteiger partial charge on any atom is -0.462 e. The van der Waals surface area contributed by atoms with Crippen molar-refractivity contribution in [3.05, 3.63) is 36.5 Å². The van der Waals surface area contributed by atoms with Crippen LogP contribution in [0.4, 0.5) is 4.79 Å². The fourth-order valence-electron chi connectivity index (χ4n) is 11.3. The summed E-state index contributed by atoms with van der Waals surface area (Å²) in [5, 5.41) is 23.5. The maximum absolute atomic E-state index is 13.1. The Balaban J connectivity index is 2.49. The number of aliphatic hydroxyl groups excluding tert-OH is 2. The van der Waals surface area contributed by atoms with Crippen LogP contribution in [0.1, 0.15) is 311 Å². The highest BCUT2D eigenvalue weighted by Crippen LogP contribution is 2.45. The standard InChI is InChI=1S/C68H124N2O10/c1-7-10-13-34-43-59(71)45-36-28-22-16-19-25-31-40-49-63(73)77-54-62(79-65(75)51-42-33-27-20-17-23-29-37-46-60(72)44-35-14-11-8-2)55-78-64(74)50-41-32-26-21-18-24-30-39-48-61(47-38-15-12-9-3)80-66(76)70-58-52-67(4,5)56-68(6,53-58)57-69/h28-30,36-37,39,58-62,71-72H,7-27,31-35,38,40-57,69H2,1-6H3,(H,70,76)/b36-28+,37-29+,39-30+. The molecule has 80 heavy (non-hydrogen) atoms. The summed E-state index contributed by atoms with van der Waals surface area (Å²) in [6.45, 7) is 13.7. The second-order valence-corrected chi connectivity index (χ2v) is 25.0. The number of nitrogens with one attached hydrogen (secondary N) is 1. The summed E-state index contributed by atoms with van der Waals surface area (Å²) >= 11 is 0. The van der Waals surface area contributed by atoms with Gasteiger partial charge in [-0.3, -0.25) is 14.4 Å². The molecule has 0 radical (unpaired) electrons. The Kier molecular flexibility index (Phi) is 47.0. The van der Waals surface area contributed by atoms with Crippen molar-refractivity contribution in [2.45, 2.75) is 342 Å². The highest BCUT2D eigenvalue weighted by molar-refractivity contribution is 5.71. The molecule has 6 unspecified atom stereocenters. The van der Waals surface area contributed by atoms with Crippen molar-refractivity contribution in [2.75, 3.05) is 19.8 Å². The largest absolute Gasteiger partial charge is 0.462 e. The van der Waals surface area contributed by atoms with Crippen molar-refractivity contribution < 1.29 is 48.3 Å². The Bertz CT molecular complexity index is 1620. The topological polar surface area (TPSA) is 184 Å². The number of alkyl carbamates (subject to hydrolysis) is 1. The average molecular weight is 1130 g/mol. The van der Waals surface area contributed by atoms with E-state index < -0.39 is 6.10 Å². The van der Waals surface area contributed by atoms with Gasteiger partial charge in [-0.2, -0.15) is 0 Å². The number of ether oxygens (including phenoxy) is 4. The summed E-state index contributed by atoms with van der Waals surface area (Å²) in [5.41, 5.74) is 6.29. The lowest BCUT2D eigenvalue weighted by molar-refractivity contribution is -0.167. The summed E-state index contributed by atoms with van der Waals surface area (Å²) in [5.74, 6) is -1.07. The van der Waals surface area contributed by atoms with Gasteiger partial charge < -0.3 is 40.2 Å². The molecule has 0 aromatic carbocycles. The molecule has 5 N–H and O–H groups in total. The second-order valence-electron chi connectivity index (χ2n) is 25.0. The maximum atomic E-state index is 13.1. The first-order valence-electron chi connectivity index (χ1n) is 33.1. The van der Waals surface area contributed by atoms with Gasteiger partial charge in [0, 0.05) is 31.7 Å². The van der Waals surface area contributed by atoms with Crippen molar-refractivity contribution in [3.8, 4) is 0 Å². The zero-order valence-corrected chi connectivity index (χ0v) is 52.4. The molecule has 0 aromatic rings. The predicted molar refractivity (Wildman–Crippen MR) is 330 cm³/mol. The Morgan fingerprint density at radius 2 is 0.887 bits per heavy atom. The number of nitrogens with two attached hydrogens (primary N) is 1. The van der Waals surface area contributed by atoms with E-state index in [1.165, 1.54) is 44.9 Å². The van der Waals surface area contributed by atoms with E-state index in [2.05, 4.69) is 83.3 Å². The fraction of sp³-hybridized carbons (Fsp3) is 0.853. The maximum Gasteiger partial charge on any atom is 0.407 e. The van der Waals surface area contributed by atoms with E-state index in [4.69, 9.17) is 24.7 Å². The normalized spacial score (nSPS) is 17.9. The van der Waals surface area contributed by atoms with E-state index in [1.807, 2.05) is 0 Å². The molecule has 1 aliphatic rings. The van der Waals surface area contributed by atoms with E-state index in [1.54, 1.807) is 0 Å². The average Bonchev–Trinajstić information content (AvgIpc) is 3.51. The monoisotopic (exact) mass is 1130 g/mol. The Morgan fingerprint density at radius 1 is 0.487 bits per heavy atom. The summed E-state index contributed by atoms with van der Waals surface area (Å²) in [4.78, 5) is 51.7. The van der Waals surface area contributed by atoms with Gasteiger partial charge in [0.1, 0.15) is 19.3 Å². The molecular weight excluding hydrogens is 1000 g/mol. The number of amides is 1. The molecule has 0 aromatic heterocycles. The first-order valence-corrected chi connectivity index (χ1v) is 33.1. The van der Waals surface area contributed by atoms with Gasteiger partial charge in [0.15, 0.2) is 6.10 Å². The molecule has 1 aliphatic carbocycles. The van der Waals surface area contributed by atoms with Crippen LogP contribution in [0, 0.1) is 10.8 Å². The predicted octanol–water partition coefficient (Wildman–Crippen LogP) is 17.3. The number of hydrogen-bond donors (Lipinski definition) is 4. The van der Waals surface area contributed by atoms with Crippen LogP contribution in [0.2, 0.25) is 0 Å². The summed E-state index contributed by atoms with van der Waals surface area (Å²) in [6, 6.07) is 0.0593. The molecule has 0 saturated heterocycles. The zero-order chi connectivity index (χ0) is 58.8. The van der Waals surface area contributed by atoms with Crippen LogP contribution < -0.4 is 11.1 Å². The number of carbonyl (C=O) groups excluding carboxylic acids is 4. The van der Waals surface area contributed by atoms with Gasteiger partial charge in [0.05, 0.1) is 12.2 Å². The number of allylic oxidation sites excluding steroid dienone is 3. The minimum atomic E-state index is -0.858. The molecular formula is C68H124N2O10. The lowest BCUT2D eigenvalue weighted by Gasteiger charge is -2.46. The third-order valence-electron chi connectivity index (χ3n) is 15.8. The Hall–Kier alpha value is -3.22. The van der Waals surface area contributed by atoms with Crippen LogP contribution in [0.25, 0.3) is 0 Å². The molecule has 12 nitrogen and oxygen atoms in total. The first-order chi connectivity index (χ1) is 38.6. The van der Waals surface area contributed by atoms with Crippen molar-refractivity contribution in [1.82, 2.24) is 5.32 Å². The minimum absolute atomic E-state index is 0.0113. The lowest BCUT2D eigenvalue weighted by atomic mass is 9.63. The van der Waals surface area contributed by atoms with Gasteiger partial charge in [-0.25, -0.2) is 4.79 Å². The molecule has 1 amide bonds. The van der Waals surface area contributed by atoms with Gasteiger partial charge >= 0.3 is 24.0 Å². The molecule has 466 valence electrons. The van der Waals surface area contributed by atoms with E-state index >= 15 is 0 Å². The molecule has 0 aliphatic heterocycles. The summed E-state index contributed by atoms with van der Waals surface area (Å²) < 4.78 is 22.9. The Labute approximate surface area is 490 Å². The lowest BCUT2D eigenvalue weighted by Crippen LogP contribution is -2.49. The quantitative estimate of drug-likeness (QED) is 0.0197. The van der Waals surface area contributed by atoms with Crippen molar-refractivity contribution in [1.29, 1.82) is 0 Å². The van der Waals surface area contributed by atoms with Crippen LogP contribution in [-0.2, 0) is 33.3 Å². The van der Waals surface area contributed by atoms with Crippen LogP contribution in [0.15, 0.2) is 36.5 Å². The first kappa shape index (κ1) is 74.8. The summed E-state index contributed by atoms with van der Waals surface area (Å²) in [6.07, 6.45) is 50.8. The molecule has 1 rings (SSSR count). The van der Waals surface area contributed by atoms with Crippen LogP contribution >= 0.6 is 0 Å². The second kappa shape index (κ2) is 50.3. The number of esters is 3. The molecule has 0 spiro atoms. The number of carbonyl (C=O) groups is 4. The van der Waals surface area contributed by atoms with E-state index in [0.717, 1.165) is 186 Å². The van der Waals surface area contributed by atoms with Crippen molar-refractivity contribution in [2.24, 2.45) is 16.6 Å². The molecule has 0 bridgehead atoms. The van der Waals surface area contributed by atoms with Crippen molar-refractivity contribution >= 4 is 24.0 Å². The van der Waals surface area contributed by atoms with Gasteiger partial charge in [0.2, 0.25) is 0 Å². The highest BCUT2D eigenvalue weighted by atomic mass is 16.6. The molecule has 0 heterocycles. The van der Waals surface area contributed by atoms with E-state index in [9.17, 15) is 29.4 Å². The smallest absolute Gasteiger partial charge is 0.407 e. The Morgan fingerprint density at radius 3 is 1.34 bits per heavy atom. The zero-order valence-electron chi connectivity index (χ0n) is 52.4. The molecule has 12 heteroatoms. The highest BCUT2D eigenvalue weighted by Gasteiger charge is 2.41. The molecule has 6 atom stereocenters. The van der Waals surface area contributed by atoms with Gasteiger partial charge in [0.25, 0.3) is 0 Å². The third kappa shape index (κ3) is 45.3. The van der Waals surface area contributed by atoms with Crippen molar-refractivity contribution in [3.63, 3.8) is 0 Å². The SMILES string of the molecule is CCCCCCC(O)C/C=C/CCCCCCCC(=O)OCC(COC(=O)CCCCCCC/C=C/CC(CCCCCC)OC(=O)NC1CC(C)(C)CC(C)(CN)C1)OC(=O)CCCCCCC/C=C/CC(O)CCCCCC. The number of hydrogen-bond acceptors (Lipinski definition) is 11. The van der Waals surface area contributed by atoms with E-state index in [-0.39, 0.29) is 91.7 Å². The fourth-order valence-corrected chi connectivity index (χ4v) is 11.3. The van der Waals surface area contributed by atoms with Crippen LogP contribution in [0.3, 0.4) is 0 Å². The number of aliphatic hydroxyl groups is 2. The number of rotatable bonds is 53. The number of unbranched alkanes of at least 4 members (excludes halogenated alkanes) is 24. The van der Waals surface area contributed by atoms with Gasteiger partial charge in [-0.05, 0) is 133 Å². The van der Waals surface area contributed by atoms with Gasteiger partial charge in [-0.1, -0.05) is 206 Å².